The molecule has 11 heteroatoms. The zero-order valence-corrected chi connectivity index (χ0v) is 27.3. The zero-order chi connectivity index (χ0) is 30.3. The van der Waals surface area contributed by atoms with E-state index in [1.165, 1.54) is 17.0 Å². The van der Waals surface area contributed by atoms with Crippen molar-refractivity contribution in [2.75, 3.05) is 10.8 Å². The topological polar surface area (TPSA) is 86.8 Å². The Balaban J connectivity index is 2.09. The van der Waals surface area contributed by atoms with Crippen LogP contribution in [0.2, 0.25) is 10.0 Å². The summed E-state index contributed by atoms with van der Waals surface area (Å²) in [5, 5.41) is 3.62. The van der Waals surface area contributed by atoms with Crippen LogP contribution in [0.15, 0.2) is 76.1 Å². The van der Waals surface area contributed by atoms with Gasteiger partial charge in [-0.25, -0.2) is 8.42 Å². The third kappa shape index (κ3) is 8.25. The van der Waals surface area contributed by atoms with Gasteiger partial charge in [0.1, 0.15) is 12.6 Å². The molecule has 3 aromatic carbocycles. The van der Waals surface area contributed by atoms with Gasteiger partial charge in [-0.2, -0.15) is 0 Å². The van der Waals surface area contributed by atoms with Crippen molar-refractivity contribution in [3.8, 4) is 0 Å². The number of aryl methyl sites for hydroxylation is 1. The van der Waals surface area contributed by atoms with Crippen LogP contribution >= 0.6 is 39.1 Å². The summed E-state index contributed by atoms with van der Waals surface area (Å²) >= 11 is 16.3. The number of rotatable bonds is 12. The van der Waals surface area contributed by atoms with E-state index in [4.69, 9.17) is 23.2 Å². The number of benzene rings is 3. The molecule has 0 bridgehead atoms. The third-order valence-electron chi connectivity index (χ3n) is 6.78. The van der Waals surface area contributed by atoms with Gasteiger partial charge in [0.25, 0.3) is 10.0 Å². The van der Waals surface area contributed by atoms with E-state index in [-0.39, 0.29) is 23.4 Å². The quantitative estimate of drug-likeness (QED) is 0.223. The van der Waals surface area contributed by atoms with Crippen molar-refractivity contribution in [2.45, 2.75) is 64.1 Å². The molecule has 0 fully saturated rings. The highest BCUT2D eigenvalue weighted by Gasteiger charge is 2.34. The van der Waals surface area contributed by atoms with E-state index in [1.807, 2.05) is 20.8 Å². The molecule has 1 N–H and O–H groups in total. The molecule has 41 heavy (non-hydrogen) atoms. The fourth-order valence-electron chi connectivity index (χ4n) is 4.19. The van der Waals surface area contributed by atoms with Crippen molar-refractivity contribution in [2.24, 2.45) is 0 Å². The van der Waals surface area contributed by atoms with Crippen molar-refractivity contribution in [1.82, 2.24) is 10.2 Å². The van der Waals surface area contributed by atoms with Crippen molar-refractivity contribution >= 4 is 66.7 Å². The molecule has 7 nitrogen and oxygen atoms in total. The first-order valence-corrected chi connectivity index (χ1v) is 16.3. The Morgan fingerprint density at radius 2 is 1.51 bits per heavy atom. The number of hydrogen-bond donors (Lipinski definition) is 1. The molecular formula is C30H34BrCl2N3O4S. The summed E-state index contributed by atoms with van der Waals surface area (Å²) in [6.07, 6.45) is 0.998. The van der Waals surface area contributed by atoms with Gasteiger partial charge in [-0.3, -0.25) is 13.9 Å². The molecule has 0 aliphatic carbocycles. The lowest BCUT2D eigenvalue weighted by Gasteiger charge is -2.34. The smallest absolute Gasteiger partial charge is 0.264 e. The minimum absolute atomic E-state index is 0.0427. The second-order valence-electron chi connectivity index (χ2n) is 9.76. The number of anilines is 1. The molecule has 0 aliphatic rings. The average molecular weight is 683 g/mol. The van der Waals surface area contributed by atoms with Crippen LogP contribution in [-0.4, -0.2) is 43.8 Å². The van der Waals surface area contributed by atoms with Crippen molar-refractivity contribution in [3.05, 3.63) is 92.4 Å². The molecule has 0 radical (unpaired) electrons. The van der Waals surface area contributed by atoms with Gasteiger partial charge in [0.2, 0.25) is 11.8 Å². The van der Waals surface area contributed by atoms with Crippen LogP contribution in [0.25, 0.3) is 0 Å². The fraction of sp³-hybridized carbons (Fsp3) is 0.333. The van der Waals surface area contributed by atoms with E-state index in [9.17, 15) is 18.0 Å². The summed E-state index contributed by atoms with van der Waals surface area (Å²) < 4.78 is 29.7. The highest BCUT2D eigenvalue weighted by Crippen LogP contribution is 2.29. The van der Waals surface area contributed by atoms with E-state index in [1.54, 1.807) is 61.5 Å². The molecule has 0 spiro atoms. The Kier molecular flexibility index (Phi) is 11.7. The Morgan fingerprint density at radius 3 is 2.05 bits per heavy atom. The van der Waals surface area contributed by atoms with Gasteiger partial charge in [0.15, 0.2) is 0 Å². The Bertz CT molecular complexity index is 1450. The number of carbonyl (C=O) groups is 2. The van der Waals surface area contributed by atoms with Crippen molar-refractivity contribution in [1.29, 1.82) is 0 Å². The van der Waals surface area contributed by atoms with Gasteiger partial charge in [-0.05, 0) is 75.2 Å². The second kappa shape index (κ2) is 14.5. The molecule has 220 valence electrons. The molecule has 3 rings (SSSR count). The molecule has 0 aliphatic heterocycles. The first-order chi connectivity index (χ1) is 19.4. The summed E-state index contributed by atoms with van der Waals surface area (Å²) in [6, 6.07) is 17.1. The molecule has 0 saturated heterocycles. The van der Waals surface area contributed by atoms with Crippen LogP contribution in [0.4, 0.5) is 5.69 Å². The minimum Gasteiger partial charge on any atom is -0.352 e. The van der Waals surface area contributed by atoms with Gasteiger partial charge in [-0.15, -0.1) is 0 Å². The first-order valence-electron chi connectivity index (χ1n) is 13.3. The van der Waals surface area contributed by atoms with Crippen LogP contribution in [-0.2, 0) is 26.2 Å². The van der Waals surface area contributed by atoms with Crippen LogP contribution in [0, 0.1) is 6.92 Å². The fourth-order valence-corrected chi connectivity index (χ4v) is 6.38. The van der Waals surface area contributed by atoms with Gasteiger partial charge < -0.3 is 10.2 Å². The van der Waals surface area contributed by atoms with Gasteiger partial charge in [0, 0.05) is 32.7 Å². The maximum absolute atomic E-state index is 14.2. The molecule has 3 aromatic rings. The largest absolute Gasteiger partial charge is 0.352 e. The molecular weight excluding hydrogens is 649 g/mol. The lowest BCUT2D eigenvalue weighted by atomic mass is 10.1. The van der Waals surface area contributed by atoms with Crippen LogP contribution in [0.3, 0.4) is 0 Å². The normalized spacial score (nSPS) is 12.9. The lowest BCUT2D eigenvalue weighted by Crippen LogP contribution is -2.53. The highest BCUT2D eigenvalue weighted by atomic mass is 79.9. The summed E-state index contributed by atoms with van der Waals surface area (Å²) in [4.78, 5) is 28.9. The maximum atomic E-state index is 14.2. The molecule has 0 unspecified atom stereocenters. The summed E-state index contributed by atoms with van der Waals surface area (Å²) in [5.74, 6) is -0.916. The van der Waals surface area contributed by atoms with E-state index >= 15 is 0 Å². The van der Waals surface area contributed by atoms with Crippen LogP contribution in [0.1, 0.15) is 44.7 Å². The number of hydrogen-bond acceptors (Lipinski definition) is 4. The lowest BCUT2D eigenvalue weighted by molar-refractivity contribution is -0.140. The minimum atomic E-state index is -4.16. The Labute approximate surface area is 261 Å². The SMILES string of the molecule is CC[C@@H](C)NC(=O)[C@@H](CC)N(Cc1c(Cl)cccc1Cl)C(=O)CN(c1ccc(Br)cc1)S(=O)(=O)c1ccc(C)cc1. The predicted molar refractivity (Wildman–Crippen MR) is 169 cm³/mol. The Hall–Kier alpha value is -2.59. The van der Waals surface area contributed by atoms with Gasteiger partial charge in [0.05, 0.1) is 10.6 Å². The van der Waals surface area contributed by atoms with Crippen molar-refractivity contribution < 1.29 is 18.0 Å². The summed E-state index contributed by atoms with van der Waals surface area (Å²) in [5.41, 5.74) is 1.67. The van der Waals surface area contributed by atoms with E-state index in [0.717, 1.165) is 14.3 Å². The molecule has 0 aromatic heterocycles. The van der Waals surface area contributed by atoms with Crippen LogP contribution < -0.4 is 9.62 Å². The van der Waals surface area contributed by atoms with E-state index in [2.05, 4.69) is 21.2 Å². The predicted octanol–water partition coefficient (Wildman–Crippen LogP) is 6.98. The molecule has 2 amide bonds. The first kappa shape index (κ1) is 32.9. The zero-order valence-electron chi connectivity index (χ0n) is 23.4. The standard InChI is InChI=1S/C30H34BrCl2N3O4S/c1-5-21(4)34-30(38)28(6-2)35(18-25-26(32)8-7-9-27(25)33)29(37)19-36(23-14-12-22(31)13-15-23)41(39,40)24-16-10-20(3)11-17-24/h7-17,21,28H,5-6,18-19H2,1-4H3,(H,34,38)/t21-,28-/m1/s1. The number of nitrogens with one attached hydrogen (secondary N) is 1. The van der Waals surface area contributed by atoms with E-state index < -0.39 is 28.5 Å². The second-order valence-corrected chi connectivity index (χ2v) is 13.4. The molecule has 0 heterocycles. The number of sulfonamides is 1. The molecule has 0 saturated carbocycles. The number of carbonyl (C=O) groups excluding carboxylic acids is 2. The highest BCUT2D eigenvalue weighted by molar-refractivity contribution is 9.10. The number of halogens is 3. The van der Waals surface area contributed by atoms with Gasteiger partial charge in [-0.1, -0.05) is 76.7 Å². The summed E-state index contributed by atoms with van der Waals surface area (Å²) in [7, 11) is -4.16. The Morgan fingerprint density at radius 1 is 0.927 bits per heavy atom. The molecule has 2 atom stereocenters. The summed E-state index contributed by atoms with van der Waals surface area (Å²) in [6.45, 7) is 6.86. The third-order valence-corrected chi connectivity index (χ3v) is 9.80. The number of nitrogens with zero attached hydrogens (tertiary/aromatic N) is 2. The van der Waals surface area contributed by atoms with Crippen molar-refractivity contribution in [3.63, 3.8) is 0 Å². The van der Waals surface area contributed by atoms with Gasteiger partial charge >= 0.3 is 0 Å². The van der Waals surface area contributed by atoms with E-state index in [0.29, 0.717) is 34.1 Å². The van der Waals surface area contributed by atoms with Crippen LogP contribution in [0.5, 0.6) is 0 Å². The average Bonchev–Trinajstić information content (AvgIpc) is 2.93. The number of amides is 2. The monoisotopic (exact) mass is 681 g/mol. The maximum Gasteiger partial charge on any atom is 0.264 e.